The van der Waals surface area contributed by atoms with Gasteiger partial charge in [0.25, 0.3) is 0 Å². The highest BCUT2D eigenvalue weighted by molar-refractivity contribution is 6.07. The Morgan fingerprint density at radius 3 is 2.45 bits per heavy atom. The van der Waals surface area contributed by atoms with Crippen LogP contribution in [0.15, 0.2) is 54.6 Å². The van der Waals surface area contributed by atoms with Crippen molar-refractivity contribution < 1.29 is 9.59 Å². The minimum Gasteiger partial charge on any atom is -0.295 e. The molecule has 0 bridgehead atoms. The van der Waals surface area contributed by atoms with Gasteiger partial charge >= 0.3 is 0 Å². The van der Waals surface area contributed by atoms with Gasteiger partial charge in [-0.3, -0.25) is 9.59 Å². The summed E-state index contributed by atoms with van der Waals surface area (Å²) in [5.41, 5.74) is 3.15. The Morgan fingerprint density at radius 2 is 1.75 bits per heavy atom. The highest BCUT2D eigenvalue weighted by Gasteiger charge is 2.04. The topological polar surface area (TPSA) is 34.1 Å². The second kappa shape index (κ2) is 6.11. The third kappa shape index (κ3) is 3.29. The molecule has 2 nitrogen and oxygen atoms in total. The first-order valence-electron chi connectivity index (χ1n) is 6.47. The number of benzene rings is 2. The smallest absolute Gasteiger partial charge is 0.186 e. The van der Waals surface area contributed by atoms with Crippen LogP contribution in [-0.2, 0) is 0 Å². The third-order valence-corrected chi connectivity index (χ3v) is 3.13. The van der Waals surface area contributed by atoms with Gasteiger partial charge in [0, 0.05) is 11.1 Å². The van der Waals surface area contributed by atoms with Gasteiger partial charge in [0.15, 0.2) is 11.6 Å². The van der Waals surface area contributed by atoms with Crippen molar-refractivity contribution in [3.63, 3.8) is 0 Å². The second-order valence-corrected chi connectivity index (χ2v) is 4.69. The summed E-state index contributed by atoms with van der Waals surface area (Å²) >= 11 is 0. The molecule has 2 aromatic rings. The standard InChI is InChI=1S/C18H16O2/c1-13-6-3-4-9-17(13)18(20)11-10-15-7-5-8-16(12-15)14(2)19/h3-12H,1-2H3/b11-10+. The average molecular weight is 264 g/mol. The van der Waals surface area contributed by atoms with Crippen molar-refractivity contribution in [2.75, 3.05) is 0 Å². The first kappa shape index (κ1) is 13.9. The molecule has 0 aliphatic carbocycles. The van der Waals surface area contributed by atoms with Gasteiger partial charge < -0.3 is 0 Å². The maximum Gasteiger partial charge on any atom is 0.186 e. The maximum atomic E-state index is 12.1. The summed E-state index contributed by atoms with van der Waals surface area (Å²) in [5, 5.41) is 0. The number of hydrogen-bond acceptors (Lipinski definition) is 2. The molecule has 0 aromatic heterocycles. The van der Waals surface area contributed by atoms with Crippen LogP contribution in [-0.4, -0.2) is 11.6 Å². The van der Waals surface area contributed by atoms with Gasteiger partial charge in [-0.1, -0.05) is 48.5 Å². The van der Waals surface area contributed by atoms with E-state index in [2.05, 4.69) is 0 Å². The lowest BCUT2D eigenvalue weighted by atomic mass is 10.0. The zero-order valence-electron chi connectivity index (χ0n) is 11.6. The summed E-state index contributed by atoms with van der Waals surface area (Å²) < 4.78 is 0. The fraction of sp³-hybridized carbons (Fsp3) is 0.111. The number of carbonyl (C=O) groups excluding carboxylic acids is 2. The van der Waals surface area contributed by atoms with E-state index >= 15 is 0 Å². The van der Waals surface area contributed by atoms with Crippen LogP contribution in [0.4, 0.5) is 0 Å². The molecule has 0 aliphatic rings. The highest BCUT2D eigenvalue weighted by Crippen LogP contribution is 2.11. The van der Waals surface area contributed by atoms with E-state index in [9.17, 15) is 9.59 Å². The van der Waals surface area contributed by atoms with E-state index in [1.54, 1.807) is 24.3 Å². The van der Waals surface area contributed by atoms with Crippen LogP contribution < -0.4 is 0 Å². The molecule has 0 heterocycles. The van der Waals surface area contributed by atoms with E-state index in [-0.39, 0.29) is 11.6 Å². The molecule has 0 unspecified atom stereocenters. The van der Waals surface area contributed by atoms with Gasteiger partial charge in [-0.15, -0.1) is 0 Å². The Morgan fingerprint density at radius 1 is 1.00 bits per heavy atom. The first-order valence-corrected chi connectivity index (χ1v) is 6.47. The van der Waals surface area contributed by atoms with Gasteiger partial charge in [-0.05, 0) is 37.1 Å². The van der Waals surface area contributed by atoms with Crippen LogP contribution in [0, 0.1) is 6.92 Å². The number of hydrogen-bond donors (Lipinski definition) is 0. The molecule has 0 N–H and O–H groups in total. The van der Waals surface area contributed by atoms with E-state index < -0.39 is 0 Å². The van der Waals surface area contributed by atoms with Crippen molar-refractivity contribution in [3.05, 3.63) is 76.9 Å². The van der Waals surface area contributed by atoms with Crippen molar-refractivity contribution in [2.24, 2.45) is 0 Å². The zero-order valence-corrected chi connectivity index (χ0v) is 11.6. The number of aryl methyl sites for hydroxylation is 1. The summed E-state index contributed by atoms with van der Waals surface area (Å²) in [6.45, 7) is 3.44. The Labute approximate surface area is 118 Å². The lowest BCUT2D eigenvalue weighted by Gasteiger charge is -2.01. The highest BCUT2D eigenvalue weighted by atomic mass is 16.1. The monoisotopic (exact) mass is 264 g/mol. The van der Waals surface area contributed by atoms with Crippen LogP contribution in [0.1, 0.15) is 38.8 Å². The van der Waals surface area contributed by atoms with E-state index in [4.69, 9.17) is 0 Å². The molecule has 20 heavy (non-hydrogen) atoms. The molecule has 0 aliphatic heterocycles. The molecule has 0 fully saturated rings. The second-order valence-electron chi connectivity index (χ2n) is 4.69. The van der Waals surface area contributed by atoms with E-state index in [0.717, 1.165) is 11.1 Å². The van der Waals surface area contributed by atoms with Crippen molar-refractivity contribution in [1.82, 2.24) is 0 Å². The maximum absolute atomic E-state index is 12.1. The number of Topliss-reactive ketones (excluding diaryl/α,β-unsaturated/α-hetero) is 1. The van der Waals surface area contributed by atoms with Crippen LogP contribution in [0.3, 0.4) is 0 Å². The molecule has 0 amide bonds. The van der Waals surface area contributed by atoms with Gasteiger partial charge in [0.05, 0.1) is 0 Å². The predicted octanol–water partition coefficient (Wildman–Crippen LogP) is 4.09. The fourth-order valence-corrected chi connectivity index (χ4v) is 1.97. The number of carbonyl (C=O) groups is 2. The molecule has 100 valence electrons. The quantitative estimate of drug-likeness (QED) is 0.615. The average Bonchev–Trinajstić information content (AvgIpc) is 2.45. The summed E-state index contributed by atoms with van der Waals surface area (Å²) in [7, 11) is 0. The van der Waals surface area contributed by atoms with Gasteiger partial charge in [-0.25, -0.2) is 0 Å². The van der Waals surface area contributed by atoms with Crippen LogP contribution in [0.2, 0.25) is 0 Å². The summed E-state index contributed by atoms with van der Waals surface area (Å²) in [6.07, 6.45) is 3.28. The molecule has 0 radical (unpaired) electrons. The Bertz CT molecular complexity index is 681. The Balaban J connectivity index is 2.21. The first-order chi connectivity index (χ1) is 9.58. The van der Waals surface area contributed by atoms with Crippen molar-refractivity contribution >= 4 is 17.6 Å². The van der Waals surface area contributed by atoms with E-state index in [1.807, 2.05) is 43.3 Å². The van der Waals surface area contributed by atoms with Crippen molar-refractivity contribution in [3.8, 4) is 0 Å². The van der Waals surface area contributed by atoms with E-state index in [1.165, 1.54) is 6.92 Å². The van der Waals surface area contributed by atoms with E-state index in [0.29, 0.717) is 11.1 Å². The molecular formula is C18H16O2. The van der Waals surface area contributed by atoms with Crippen molar-refractivity contribution in [1.29, 1.82) is 0 Å². The van der Waals surface area contributed by atoms with Crippen LogP contribution >= 0.6 is 0 Å². The Hall–Kier alpha value is -2.48. The van der Waals surface area contributed by atoms with Gasteiger partial charge in [0.2, 0.25) is 0 Å². The number of ketones is 2. The molecule has 0 saturated heterocycles. The molecule has 2 heteroatoms. The molecule has 0 atom stereocenters. The summed E-state index contributed by atoms with van der Waals surface area (Å²) in [6, 6.07) is 14.7. The lowest BCUT2D eigenvalue weighted by Crippen LogP contribution is -1.97. The SMILES string of the molecule is CC(=O)c1cccc(/C=C/C(=O)c2ccccc2C)c1. The molecule has 0 spiro atoms. The normalized spacial score (nSPS) is 10.7. The molecule has 2 aromatic carbocycles. The van der Waals surface area contributed by atoms with Crippen LogP contribution in [0.25, 0.3) is 6.08 Å². The Kier molecular flexibility index (Phi) is 4.26. The molecule has 0 saturated carbocycles. The summed E-state index contributed by atoms with van der Waals surface area (Å²) in [4.78, 5) is 23.4. The van der Waals surface area contributed by atoms with Crippen LogP contribution in [0.5, 0.6) is 0 Å². The minimum atomic E-state index is -0.0312. The molecule has 2 rings (SSSR count). The lowest BCUT2D eigenvalue weighted by molar-refractivity contribution is 0.101. The fourth-order valence-electron chi connectivity index (χ4n) is 1.97. The number of rotatable bonds is 4. The zero-order chi connectivity index (χ0) is 14.5. The predicted molar refractivity (Wildman–Crippen MR) is 81.0 cm³/mol. The summed E-state index contributed by atoms with van der Waals surface area (Å²) in [5.74, 6) is -0.0122. The van der Waals surface area contributed by atoms with Gasteiger partial charge in [-0.2, -0.15) is 0 Å². The minimum absolute atomic E-state index is 0.0190. The largest absolute Gasteiger partial charge is 0.295 e. The van der Waals surface area contributed by atoms with Gasteiger partial charge in [0.1, 0.15) is 0 Å². The third-order valence-electron chi connectivity index (χ3n) is 3.13. The van der Waals surface area contributed by atoms with Crippen molar-refractivity contribution in [2.45, 2.75) is 13.8 Å². The number of allylic oxidation sites excluding steroid dienone is 1. The molecular weight excluding hydrogens is 248 g/mol.